The van der Waals surface area contributed by atoms with Gasteiger partial charge in [-0.2, -0.15) is 8.42 Å². The van der Waals surface area contributed by atoms with Gasteiger partial charge >= 0.3 is 29.6 Å². The molecule has 1 aromatic rings. The van der Waals surface area contributed by atoms with Gasteiger partial charge in [0.05, 0.1) is 20.1 Å². The summed E-state index contributed by atoms with van der Waals surface area (Å²) in [5, 5.41) is 20.2. The molecule has 0 amide bonds. The monoisotopic (exact) mass is 380 g/mol. The molecule has 8 nitrogen and oxygen atoms in total. The Morgan fingerprint density at radius 2 is 1.72 bits per heavy atom. The predicted molar refractivity (Wildman–Crippen MR) is 83.8 cm³/mol. The van der Waals surface area contributed by atoms with Gasteiger partial charge in [0, 0.05) is 11.6 Å². The molecule has 25 heavy (non-hydrogen) atoms. The second-order valence-electron chi connectivity index (χ2n) is 5.07. The van der Waals surface area contributed by atoms with Crippen LogP contribution in [0.25, 0.3) is 0 Å². The van der Waals surface area contributed by atoms with E-state index in [1.165, 1.54) is 31.4 Å². The summed E-state index contributed by atoms with van der Waals surface area (Å²) in [7, 11) is -2.19. The number of carbonyl (C=O) groups is 1. The Bertz CT molecular complexity index is 815. The van der Waals surface area contributed by atoms with Crippen LogP contribution < -0.4 is 34.3 Å². The van der Waals surface area contributed by atoms with E-state index in [-0.39, 0.29) is 36.5 Å². The van der Waals surface area contributed by atoms with E-state index in [0.717, 1.165) is 13.2 Å². The average molecular weight is 380 g/mol. The van der Waals surface area contributed by atoms with Gasteiger partial charge in [-0.3, -0.25) is 9.35 Å². The molecule has 0 aliphatic heterocycles. The Morgan fingerprint density at radius 1 is 1.16 bits per heavy atom. The molecule has 0 saturated heterocycles. The fourth-order valence-corrected chi connectivity index (χ4v) is 2.99. The largest absolute Gasteiger partial charge is 1.00 e. The Labute approximate surface area is 168 Å². The van der Waals surface area contributed by atoms with Gasteiger partial charge in [-0.15, -0.1) is 0 Å². The Morgan fingerprint density at radius 3 is 2.16 bits per heavy atom. The van der Waals surface area contributed by atoms with Crippen molar-refractivity contribution in [3.8, 4) is 5.75 Å². The summed E-state index contributed by atoms with van der Waals surface area (Å²) < 4.78 is 41.8. The van der Waals surface area contributed by atoms with Crippen LogP contribution >= 0.6 is 0 Å². The van der Waals surface area contributed by atoms with Crippen molar-refractivity contribution >= 4 is 15.9 Å². The molecule has 132 valence electrons. The Kier molecular flexibility index (Phi) is 6.99. The molecular formula is C15H17NaO8S. The summed E-state index contributed by atoms with van der Waals surface area (Å²) in [5.74, 6) is -5.07. The van der Waals surface area contributed by atoms with Gasteiger partial charge in [0.2, 0.25) is 5.79 Å². The van der Waals surface area contributed by atoms with E-state index < -0.39 is 38.3 Å². The molecule has 0 bridgehead atoms. The van der Waals surface area contributed by atoms with E-state index in [1.54, 1.807) is 0 Å². The van der Waals surface area contributed by atoms with Crippen LogP contribution in [0.15, 0.2) is 47.1 Å². The zero-order valence-electron chi connectivity index (χ0n) is 14.8. The summed E-state index contributed by atoms with van der Waals surface area (Å²) in [4.78, 5) is 11.8. The second-order valence-corrected chi connectivity index (χ2v) is 6.46. The summed E-state index contributed by atoms with van der Waals surface area (Å²) in [5.41, 5.74) is 0.105. The number of aliphatic hydroxyl groups is 2. The maximum absolute atomic E-state index is 12.5. The molecule has 0 spiro atoms. The molecule has 0 saturated carbocycles. The number of Topliss-reactive ketones (excluding diaryl/α,β-unsaturated/α-hetero) is 1. The topological polar surface area (TPSA) is 130 Å². The predicted octanol–water partition coefficient (Wildman–Crippen LogP) is -2.39. The SMILES string of the molecule is COC1=CC(O)(O)C(C(=O)c2ccc(OC)cc2)C=C1S(=O)(=O)O.[H-].[Na+]. The van der Waals surface area contributed by atoms with Gasteiger partial charge in [0.1, 0.15) is 16.4 Å². The molecule has 0 aromatic heterocycles. The van der Waals surface area contributed by atoms with Crippen molar-refractivity contribution in [2.75, 3.05) is 14.2 Å². The van der Waals surface area contributed by atoms with Crippen LogP contribution in [0.2, 0.25) is 0 Å². The number of hydrogen-bond donors (Lipinski definition) is 3. The summed E-state index contributed by atoms with van der Waals surface area (Å²) in [6, 6.07) is 5.79. The van der Waals surface area contributed by atoms with Crippen LogP contribution in [0.1, 0.15) is 11.8 Å². The summed E-state index contributed by atoms with van der Waals surface area (Å²) in [6.07, 6.45) is 1.41. The van der Waals surface area contributed by atoms with Crippen LogP contribution in [0.3, 0.4) is 0 Å². The number of rotatable bonds is 5. The number of methoxy groups -OCH3 is 2. The Balaban J connectivity index is 0.00000312. The minimum Gasteiger partial charge on any atom is -1.00 e. The van der Waals surface area contributed by atoms with Crippen molar-refractivity contribution < 1.29 is 68.4 Å². The van der Waals surface area contributed by atoms with Crippen LogP contribution in [-0.4, -0.2) is 49.0 Å². The fourth-order valence-electron chi connectivity index (χ4n) is 2.29. The zero-order valence-corrected chi connectivity index (χ0v) is 16.6. The number of benzene rings is 1. The molecule has 0 radical (unpaired) electrons. The van der Waals surface area contributed by atoms with E-state index >= 15 is 0 Å². The standard InChI is InChI=1S/C15H16O8S.Na.H/c1-22-10-5-3-9(4-6-10)14(16)11-7-13(24(19,20)21)12(23-2)8-15(11,17)18;;/h3-8,11,17-18H,1-2H3,(H,19,20,21);;/q;+1;-1. The van der Waals surface area contributed by atoms with E-state index in [2.05, 4.69) is 0 Å². The first-order chi connectivity index (χ1) is 11.1. The van der Waals surface area contributed by atoms with E-state index in [9.17, 15) is 28.0 Å². The third-order valence-electron chi connectivity index (χ3n) is 3.52. The molecule has 2 rings (SSSR count). The van der Waals surface area contributed by atoms with Crippen molar-refractivity contribution in [3.05, 3.63) is 52.6 Å². The molecule has 1 atom stereocenters. The van der Waals surface area contributed by atoms with E-state index in [4.69, 9.17) is 9.47 Å². The van der Waals surface area contributed by atoms with Crippen molar-refractivity contribution in [2.24, 2.45) is 5.92 Å². The normalized spacial score (nSPS) is 19.2. The third kappa shape index (κ3) is 4.70. The third-order valence-corrected chi connectivity index (χ3v) is 4.41. The first-order valence-electron chi connectivity index (χ1n) is 6.69. The summed E-state index contributed by atoms with van der Waals surface area (Å²) in [6.45, 7) is 0. The fraction of sp³-hybridized carbons (Fsp3) is 0.267. The van der Waals surface area contributed by atoms with Crippen LogP contribution in [0.5, 0.6) is 5.75 Å². The smallest absolute Gasteiger partial charge is 1.00 e. The van der Waals surface area contributed by atoms with E-state index in [0.29, 0.717) is 11.8 Å². The van der Waals surface area contributed by atoms with Crippen LogP contribution in [0, 0.1) is 5.92 Å². The first kappa shape index (κ1) is 21.8. The maximum atomic E-state index is 12.5. The molecule has 0 heterocycles. The first-order valence-corrected chi connectivity index (χ1v) is 8.13. The van der Waals surface area contributed by atoms with Gasteiger partial charge in [-0.25, -0.2) is 0 Å². The van der Waals surface area contributed by atoms with Crippen molar-refractivity contribution in [2.45, 2.75) is 5.79 Å². The minimum atomic E-state index is -4.72. The molecular weight excluding hydrogens is 363 g/mol. The molecule has 1 aliphatic carbocycles. The molecule has 1 aliphatic rings. The molecule has 10 heteroatoms. The van der Waals surface area contributed by atoms with Crippen molar-refractivity contribution in [1.29, 1.82) is 0 Å². The minimum absolute atomic E-state index is 0. The Hall–Kier alpha value is -1.20. The van der Waals surface area contributed by atoms with Gasteiger partial charge < -0.3 is 21.1 Å². The second kappa shape index (κ2) is 8.00. The molecule has 0 fully saturated rings. The van der Waals surface area contributed by atoms with Gasteiger partial charge in [-0.05, 0) is 30.3 Å². The summed E-state index contributed by atoms with van der Waals surface area (Å²) >= 11 is 0. The molecule has 1 aromatic carbocycles. The average Bonchev–Trinajstić information content (AvgIpc) is 2.52. The van der Waals surface area contributed by atoms with Crippen molar-refractivity contribution in [1.82, 2.24) is 0 Å². The van der Waals surface area contributed by atoms with Crippen molar-refractivity contribution in [3.63, 3.8) is 0 Å². The number of hydrogen-bond acceptors (Lipinski definition) is 7. The van der Waals surface area contributed by atoms with Crippen LogP contribution in [-0.2, 0) is 14.9 Å². The van der Waals surface area contributed by atoms with E-state index in [1.807, 2.05) is 0 Å². The number of ketones is 1. The van der Waals surface area contributed by atoms with Gasteiger partial charge in [-0.1, -0.05) is 0 Å². The number of ether oxygens (including phenoxy) is 2. The maximum Gasteiger partial charge on any atom is 1.00 e. The quantitative estimate of drug-likeness (QED) is 0.223. The van der Waals surface area contributed by atoms with Gasteiger partial charge in [0.15, 0.2) is 5.78 Å². The number of carbonyl (C=O) groups excluding carboxylic acids is 1. The molecule has 1 unspecified atom stereocenters. The van der Waals surface area contributed by atoms with Crippen LogP contribution in [0.4, 0.5) is 0 Å². The zero-order chi connectivity index (χ0) is 18.1. The molecule has 3 N–H and O–H groups in total. The van der Waals surface area contributed by atoms with Gasteiger partial charge in [0.25, 0.3) is 10.1 Å².